The summed E-state index contributed by atoms with van der Waals surface area (Å²) in [5.74, 6) is -1.26. The van der Waals surface area contributed by atoms with Crippen molar-refractivity contribution in [2.24, 2.45) is 0 Å². The van der Waals surface area contributed by atoms with E-state index in [0.29, 0.717) is 0 Å². The molecule has 10 heteroatoms. The van der Waals surface area contributed by atoms with Crippen LogP contribution in [0.15, 0.2) is 18.6 Å². The average Bonchev–Trinajstić information content (AvgIpc) is 2.18. The maximum absolute atomic E-state index is 11.3. The summed E-state index contributed by atoms with van der Waals surface area (Å²) < 4.78 is 41.3. The Morgan fingerprint density at radius 1 is 1.33 bits per heavy atom. The molecule has 0 aliphatic heterocycles. The van der Waals surface area contributed by atoms with Crippen molar-refractivity contribution in [2.75, 3.05) is 0 Å². The molecule has 0 N–H and O–H groups in total. The van der Waals surface area contributed by atoms with Crippen LogP contribution in [-0.4, -0.2) is 37.1 Å². The van der Waals surface area contributed by atoms with Gasteiger partial charge in [0.15, 0.2) is 0 Å². The van der Waals surface area contributed by atoms with E-state index in [1.54, 1.807) is 0 Å². The second kappa shape index (κ2) is 5.02. The molecule has 0 aromatic carbocycles. The predicted molar refractivity (Wildman–Crippen MR) is 46.0 cm³/mol. The molecule has 1 rings (SSSR count). The molecule has 1 amide bonds. The van der Waals surface area contributed by atoms with Crippen LogP contribution in [0.5, 0.6) is 0 Å². The van der Waals surface area contributed by atoms with Crippen LogP contribution in [0.25, 0.3) is 0 Å². The molecule has 0 fully saturated rings. The summed E-state index contributed by atoms with van der Waals surface area (Å²) in [5.41, 5.74) is -0.335. The van der Waals surface area contributed by atoms with Crippen molar-refractivity contribution in [1.82, 2.24) is 13.7 Å². The van der Waals surface area contributed by atoms with E-state index in [4.69, 9.17) is 0 Å². The lowest BCUT2D eigenvalue weighted by Crippen LogP contribution is -2.34. The second-order valence-corrected chi connectivity index (χ2v) is 3.92. The Balaban J connectivity index is 3.02. The van der Waals surface area contributed by atoms with Gasteiger partial charge in [-0.25, -0.2) is 9.97 Å². The molecule has 15 heavy (non-hydrogen) atoms. The first-order valence-corrected chi connectivity index (χ1v) is 5.39. The molecular weight excluding hydrogens is 246 g/mol. The fourth-order valence-electron chi connectivity index (χ4n) is 0.696. The zero-order valence-electron chi connectivity index (χ0n) is 6.93. The summed E-state index contributed by atoms with van der Waals surface area (Å²) in [5, 5.41) is 0. The molecule has 8 nitrogen and oxygen atoms in total. The van der Waals surface area contributed by atoms with Gasteiger partial charge in [-0.3, -0.25) is 13.2 Å². The van der Waals surface area contributed by atoms with Crippen LogP contribution >= 0.6 is 0 Å². The third-order valence-electron chi connectivity index (χ3n) is 1.24. The number of nitrogens with zero attached hydrogens (tertiary/aromatic N) is 3. The number of rotatable bonds is 3. The lowest BCUT2D eigenvalue weighted by Gasteiger charge is -2.24. The summed E-state index contributed by atoms with van der Waals surface area (Å²) in [7, 11) is 0. The monoisotopic (exact) mass is 249 g/mol. The van der Waals surface area contributed by atoms with Crippen LogP contribution in [0, 0.1) is 0 Å². The summed E-state index contributed by atoms with van der Waals surface area (Å²) in [4.78, 5) is 18.2. The van der Waals surface area contributed by atoms with Crippen LogP contribution in [0.4, 0.5) is 0 Å². The quantitative estimate of drug-likeness (QED) is 0.597. The van der Waals surface area contributed by atoms with Crippen LogP contribution in [-0.2, 0) is 22.5 Å². The Labute approximate surface area is 89.2 Å². The van der Waals surface area contributed by atoms with E-state index in [2.05, 4.69) is 9.97 Å². The highest BCUT2D eigenvalue weighted by Gasteiger charge is 2.18. The minimum absolute atomic E-state index is 0.335. The number of carbonyl (C=O) groups excluding carboxylic acids is 1. The van der Waals surface area contributed by atoms with Crippen molar-refractivity contribution in [3.8, 4) is 0 Å². The zero-order chi connectivity index (χ0) is 11.4. The maximum Gasteiger partial charge on any atom is 0.294 e. The number of hydrogen-bond acceptors (Lipinski definition) is 7. The Hall–Kier alpha value is -1.23. The minimum Gasteiger partial charge on any atom is -0.754 e. The molecule has 0 radical (unpaired) electrons. The van der Waals surface area contributed by atoms with Crippen molar-refractivity contribution >= 4 is 28.4 Å². The van der Waals surface area contributed by atoms with Gasteiger partial charge in [0, 0.05) is 6.20 Å². The third kappa shape index (κ3) is 2.86. The van der Waals surface area contributed by atoms with Gasteiger partial charge in [-0.1, -0.05) is 0 Å². The van der Waals surface area contributed by atoms with Gasteiger partial charge in [-0.2, -0.15) is 3.71 Å². The molecular formula is C5H3N3O5S2-2. The Morgan fingerprint density at radius 3 is 2.33 bits per heavy atom. The molecule has 0 spiro atoms. The van der Waals surface area contributed by atoms with E-state index >= 15 is 0 Å². The van der Waals surface area contributed by atoms with E-state index in [0.717, 1.165) is 12.4 Å². The molecule has 0 saturated carbocycles. The summed E-state index contributed by atoms with van der Waals surface area (Å²) in [6.45, 7) is 0. The van der Waals surface area contributed by atoms with Gasteiger partial charge in [0.05, 0.1) is 22.5 Å². The molecule has 1 heterocycles. The lowest BCUT2D eigenvalue weighted by molar-refractivity contribution is 0.0913. The fraction of sp³-hybridized carbons (Fsp3) is 0. The van der Waals surface area contributed by atoms with Gasteiger partial charge >= 0.3 is 0 Å². The Bertz CT molecular complexity index is 396. The lowest BCUT2D eigenvalue weighted by atomic mass is 10.4. The van der Waals surface area contributed by atoms with Crippen molar-refractivity contribution in [1.29, 1.82) is 0 Å². The van der Waals surface area contributed by atoms with Gasteiger partial charge in [-0.15, -0.1) is 0 Å². The molecule has 0 bridgehead atoms. The van der Waals surface area contributed by atoms with E-state index in [-0.39, 0.29) is 9.40 Å². The molecule has 2 atom stereocenters. The highest BCUT2D eigenvalue weighted by molar-refractivity contribution is 7.93. The van der Waals surface area contributed by atoms with E-state index in [1.165, 1.54) is 6.20 Å². The minimum atomic E-state index is -3.20. The summed E-state index contributed by atoms with van der Waals surface area (Å²) in [6, 6.07) is 1.09. The number of amides is 1. The van der Waals surface area contributed by atoms with Crippen molar-refractivity contribution in [2.45, 2.75) is 0 Å². The van der Waals surface area contributed by atoms with Gasteiger partial charge in [0.1, 0.15) is 12.0 Å². The Kier molecular flexibility index (Phi) is 3.96. The molecule has 0 saturated heterocycles. The topological polar surface area (TPSA) is 126 Å². The zero-order valence-corrected chi connectivity index (χ0v) is 8.56. The van der Waals surface area contributed by atoms with Crippen molar-refractivity contribution in [3.05, 3.63) is 24.3 Å². The molecule has 1 aromatic rings. The van der Waals surface area contributed by atoms with Crippen LogP contribution in [0.3, 0.4) is 0 Å². The van der Waals surface area contributed by atoms with Gasteiger partial charge < -0.3 is 9.11 Å². The maximum atomic E-state index is 11.3. The fourth-order valence-corrected chi connectivity index (χ4v) is 1.55. The van der Waals surface area contributed by atoms with E-state index in [1.807, 2.05) is 0 Å². The number of aromatic nitrogens is 2. The highest BCUT2D eigenvalue weighted by atomic mass is 32.3. The van der Waals surface area contributed by atoms with Crippen molar-refractivity contribution < 1.29 is 22.3 Å². The van der Waals surface area contributed by atoms with E-state index in [9.17, 15) is 22.3 Å². The van der Waals surface area contributed by atoms with Gasteiger partial charge in [-0.05, 0) is 6.07 Å². The normalized spacial score (nSPS) is 14.3. The number of carbonyl (C=O) groups is 1. The molecule has 0 aliphatic carbocycles. The second-order valence-electron chi connectivity index (χ2n) is 2.09. The van der Waals surface area contributed by atoms with Crippen LogP contribution in [0.1, 0.15) is 10.5 Å². The summed E-state index contributed by atoms with van der Waals surface area (Å²) >= 11 is -6.41. The standard InChI is InChI=1S/C5H5N3O5S2/c9-5(4-1-2-6-3-7-4)8(14(10)11)15(12)13/h1-3H,(H,10,11)(H,12,13)/p-2. The van der Waals surface area contributed by atoms with Crippen LogP contribution in [0.2, 0.25) is 0 Å². The molecule has 1 aromatic heterocycles. The van der Waals surface area contributed by atoms with Gasteiger partial charge in [0.2, 0.25) is 0 Å². The smallest absolute Gasteiger partial charge is 0.294 e. The first-order valence-electron chi connectivity index (χ1n) is 3.33. The molecule has 0 aliphatic rings. The van der Waals surface area contributed by atoms with Crippen molar-refractivity contribution in [3.63, 3.8) is 0 Å². The highest BCUT2D eigenvalue weighted by Crippen LogP contribution is 2.04. The van der Waals surface area contributed by atoms with Gasteiger partial charge in [0.25, 0.3) is 5.91 Å². The summed E-state index contributed by atoms with van der Waals surface area (Å²) in [6.07, 6.45) is 2.17. The van der Waals surface area contributed by atoms with Crippen LogP contribution < -0.4 is 0 Å². The van der Waals surface area contributed by atoms with E-state index < -0.39 is 28.4 Å². The SMILES string of the molecule is O=C(c1ccncn1)N(S(=O)[O-])S(=O)[O-]. The largest absolute Gasteiger partial charge is 0.754 e. The molecule has 2 unspecified atom stereocenters. The first-order chi connectivity index (χ1) is 7.04. The predicted octanol–water partition coefficient (Wildman–Crippen LogP) is -1.49. The Morgan fingerprint density at radius 2 is 1.93 bits per heavy atom. The average molecular weight is 249 g/mol. The first kappa shape index (κ1) is 11.8. The number of hydrogen-bond donors (Lipinski definition) is 0. The third-order valence-corrected chi connectivity index (χ3v) is 2.84. The molecule has 82 valence electrons.